The number of benzene rings is 2. The minimum absolute atomic E-state index is 0.0484. The van der Waals surface area contributed by atoms with E-state index >= 15 is 0 Å². The number of hydrogen-bond acceptors (Lipinski definition) is 7. The first-order valence-electron chi connectivity index (χ1n) is 8.24. The normalized spacial score (nSPS) is 15.9. The van der Waals surface area contributed by atoms with E-state index in [-0.39, 0.29) is 35.0 Å². The lowest BCUT2D eigenvalue weighted by Crippen LogP contribution is -2.26. The minimum atomic E-state index is -0.620. The standard InChI is InChI=1S/C20H16O7/c1-24-14-7-10(8-15(25-2)18(14)22)12-9-16(21)27-19-11-5-3-4-6-13(11)26-20(23)17(12)19/h3-8,12,22H,9H2,1-2H3/t12-/m1/s1. The van der Waals surface area contributed by atoms with Gasteiger partial charge in [-0.2, -0.15) is 0 Å². The van der Waals surface area contributed by atoms with E-state index in [1.165, 1.54) is 14.2 Å². The van der Waals surface area contributed by atoms with Crippen LogP contribution in [0.1, 0.15) is 23.5 Å². The number of phenols is 1. The summed E-state index contributed by atoms with van der Waals surface area (Å²) in [5, 5.41) is 10.7. The second kappa shape index (κ2) is 6.35. The predicted octanol–water partition coefficient (Wildman–Crippen LogP) is 2.96. The maximum absolute atomic E-state index is 12.7. The molecule has 0 radical (unpaired) electrons. The molecule has 1 atom stereocenters. The lowest BCUT2D eigenvalue weighted by molar-refractivity contribution is -0.135. The topological polar surface area (TPSA) is 95.2 Å². The number of esters is 1. The smallest absolute Gasteiger partial charge is 0.343 e. The number of carbonyl (C=O) groups is 1. The average molecular weight is 368 g/mol. The highest BCUT2D eigenvalue weighted by Crippen LogP contribution is 2.45. The Hall–Kier alpha value is -3.48. The molecule has 0 amide bonds. The van der Waals surface area contributed by atoms with Crippen LogP contribution < -0.4 is 19.8 Å². The Labute approximate surface area is 153 Å². The van der Waals surface area contributed by atoms with E-state index in [1.807, 2.05) is 0 Å². The number of rotatable bonds is 3. The van der Waals surface area contributed by atoms with Gasteiger partial charge in [0.25, 0.3) is 0 Å². The van der Waals surface area contributed by atoms with Crippen LogP contribution in [0.4, 0.5) is 0 Å². The van der Waals surface area contributed by atoms with Crippen molar-refractivity contribution in [1.82, 2.24) is 0 Å². The van der Waals surface area contributed by atoms with E-state index in [0.717, 1.165) is 0 Å². The van der Waals surface area contributed by atoms with Gasteiger partial charge in [-0.05, 0) is 29.8 Å². The molecule has 0 fully saturated rings. The van der Waals surface area contributed by atoms with Crippen molar-refractivity contribution in [3.63, 3.8) is 0 Å². The first-order valence-corrected chi connectivity index (χ1v) is 8.24. The molecule has 0 spiro atoms. The predicted molar refractivity (Wildman–Crippen MR) is 95.8 cm³/mol. The Morgan fingerprint density at radius 2 is 1.74 bits per heavy atom. The number of methoxy groups -OCH3 is 2. The van der Waals surface area contributed by atoms with E-state index in [4.69, 9.17) is 18.6 Å². The SMILES string of the molecule is COc1cc([C@H]2CC(=O)Oc3c2c(=O)oc2ccccc32)cc(OC)c1O. The van der Waals surface area contributed by atoms with Crippen LogP contribution in [0, 0.1) is 0 Å². The minimum Gasteiger partial charge on any atom is -0.502 e. The number of aromatic hydroxyl groups is 1. The third kappa shape index (κ3) is 2.68. The maximum Gasteiger partial charge on any atom is 0.343 e. The molecule has 0 saturated carbocycles. The van der Waals surface area contributed by atoms with Crippen LogP contribution in [-0.2, 0) is 4.79 Å². The van der Waals surface area contributed by atoms with Crippen molar-refractivity contribution in [3.8, 4) is 23.0 Å². The van der Waals surface area contributed by atoms with Crippen LogP contribution in [0.3, 0.4) is 0 Å². The zero-order chi connectivity index (χ0) is 19.1. The lowest BCUT2D eigenvalue weighted by Gasteiger charge is -2.25. The van der Waals surface area contributed by atoms with Gasteiger partial charge in [0.15, 0.2) is 17.2 Å². The first-order chi connectivity index (χ1) is 13.0. The molecule has 138 valence electrons. The molecule has 2 heterocycles. The second-order valence-corrected chi connectivity index (χ2v) is 6.13. The summed E-state index contributed by atoms with van der Waals surface area (Å²) in [5.74, 6) is -0.688. The fourth-order valence-electron chi connectivity index (χ4n) is 3.37. The van der Waals surface area contributed by atoms with Crippen LogP contribution in [-0.4, -0.2) is 25.3 Å². The van der Waals surface area contributed by atoms with Crippen molar-refractivity contribution in [3.05, 3.63) is 57.9 Å². The van der Waals surface area contributed by atoms with Gasteiger partial charge in [-0.15, -0.1) is 0 Å². The molecule has 1 N–H and O–H groups in total. The number of para-hydroxylation sites is 1. The van der Waals surface area contributed by atoms with Gasteiger partial charge in [0.2, 0.25) is 5.75 Å². The fraction of sp³-hybridized carbons (Fsp3) is 0.200. The van der Waals surface area contributed by atoms with Crippen LogP contribution in [0.25, 0.3) is 11.0 Å². The lowest BCUT2D eigenvalue weighted by atomic mass is 9.86. The highest BCUT2D eigenvalue weighted by molar-refractivity contribution is 5.90. The Morgan fingerprint density at radius 3 is 2.41 bits per heavy atom. The van der Waals surface area contributed by atoms with Crippen LogP contribution in [0.15, 0.2) is 45.6 Å². The van der Waals surface area contributed by atoms with Gasteiger partial charge in [-0.1, -0.05) is 12.1 Å². The summed E-state index contributed by atoms with van der Waals surface area (Å²) >= 11 is 0. The summed E-state index contributed by atoms with van der Waals surface area (Å²) in [5.41, 5.74) is 0.591. The second-order valence-electron chi connectivity index (χ2n) is 6.13. The van der Waals surface area contributed by atoms with Crippen molar-refractivity contribution in [1.29, 1.82) is 0 Å². The number of fused-ring (bicyclic) bond motifs is 3. The van der Waals surface area contributed by atoms with Gasteiger partial charge in [0.05, 0.1) is 31.6 Å². The average Bonchev–Trinajstić information content (AvgIpc) is 2.67. The van der Waals surface area contributed by atoms with Gasteiger partial charge in [0.1, 0.15) is 5.58 Å². The van der Waals surface area contributed by atoms with E-state index < -0.39 is 17.5 Å². The Balaban J connectivity index is 1.99. The van der Waals surface area contributed by atoms with E-state index in [2.05, 4.69) is 0 Å². The zero-order valence-electron chi connectivity index (χ0n) is 14.6. The van der Waals surface area contributed by atoms with Crippen molar-refractivity contribution >= 4 is 16.9 Å². The fourth-order valence-corrected chi connectivity index (χ4v) is 3.37. The van der Waals surface area contributed by atoms with Gasteiger partial charge in [-0.25, -0.2) is 4.79 Å². The summed E-state index contributed by atoms with van der Waals surface area (Å²) in [6.45, 7) is 0. The number of phenolic OH excluding ortho intramolecular Hbond substituents is 1. The molecule has 0 unspecified atom stereocenters. The number of ether oxygens (including phenoxy) is 3. The molecule has 0 saturated heterocycles. The van der Waals surface area contributed by atoms with E-state index in [9.17, 15) is 14.7 Å². The molecule has 1 aliphatic heterocycles. The van der Waals surface area contributed by atoms with Crippen molar-refractivity contribution in [2.24, 2.45) is 0 Å². The van der Waals surface area contributed by atoms with Crippen LogP contribution in [0.2, 0.25) is 0 Å². The molecule has 0 bridgehead atoms. The van der Waals surface area contributed by atoms with Crippen LogP contribution in [0.5, 0.6) is 23.0 Å². The Kier molecular flexibility index (Phi) is 3.99. The van der Waals surface area contributed by atoms with Gasteiger partial charge < -0.3 is 23.7 Å². The van der Waals surface area contributed by atoms with Crippen molar-refractivity contribution in [2.75, 3.05) is 14.2 Å². The molecule has 3 aromatic rings. The zero-order valence-corrected chi connectivity index (χ0v) is 14.6. The molecule has 0 aliphatic carbocycles. The van der Waals surface area contributed by atoms with Gasteiger partial charge in [0, 0.05) is 5.92 Å². The van der Waals surface area contributed by atoms with E-state index in [0.29, 0.717) is 16.5 Å². The third-order valence-corrected chi connectivity index (χ3v) is 4.64. The summed E-state index contributed by atoms with van der Waals surface area (Å²) in [4.78, 5) is 24.9. The van der Waals surface area contributed by atoms with E-state index in [1.54, 1.807) is 36.4 Å². The molecule has 7 nitrogen and oxygen atoms in total. The number of hydrogen-bond donors (Lipinski definition) is 1. The monoisotopic (exact) mass is 368 g/mol. The summed E-state index contributed by atoms with van der Waals surface area (Å²) in [6, 6.07) is 10.0. The molecular weight excluding hydrogens is 352 g/mol. The highest BCUT2D eigenvalue weighted by Gasteiger charge is 2.34. The molecule has 7 heteroatoms. The third-order valence-electron chi connectivity index (χ3n) is 4.64. The highest BCUT2D eigenvalue weighted by atomic mass is 16.5. The maximum atomic E-state index is 12.7. The Morgan fingerprint density at radius 1 is 1.07 bits per heavy atom. The van der Waals surface area contributed by atoms with Crippen molar-refractivity contribution < 1.29 is 28.5 Å². The molecule has 1 aliphatic rings. The van der Waals surface area contributed by atoms with Gasteiger partial charge in [-0.3, -0.25) is 4.79 Å². The number of carbonyl (C=O) groups excluding carboxylic acids is 1. The summed E-state index contributed by atoms with van der Waals surface area (Å²) in [7, 11) is 2.81. The molecule has 4 rings (SSSR count). The first kappa shape index (κ1) is 17.0. The Bertz CT molecular complexity index is 1090. The largest absolute Gasteiger partial charge is 0.502 e. The quantitative estimate of drug-likeness (QED) is 0.561. The molecule has 2 aromatic carbocycles. The summed E-state index contributed by atoms with van der Waals surface area (Å²) < 4.78 is 21.2. The molecule has 1 aromatic heterocycles. The molecular formula is C20H16O7. The summed E-state index contributed by atoms with van der Waals surface area (Å²) in [6.07, 6.45) is -0.0484. The van der Waals surface area contributed by atoms with Crippen molar-refractivity contribution in [2.45, 2.75) is 12.3 Å². The van der Waals surface area contributed by atoms with Gasteiger partial charge >= 0.3 is 11.6 Å². The van der Waals surface area contributed by atoms with Crippen LogP contribution >= 0.6 is 0 Å². The molecule has 27 heavy (non-hydrogen) atoms.